The maximum absolute atomic E-state index is 12.9. The minimum absolute atomic E-state index is 0.191. The minimum Gasteiger partial charge on any atom is -0.348 e. The molecule has 2 rings (SSSR count). The number of anilines is 1. The van der Waals surface area contributed by atoms with E-state index < -0.39 is 37.9 Å². The van der Waals surface area contributed by atoms with Gasteiger partial charge in [-0.1, -0.05) is 18.2 Å². The molecule has 1 amide bonds. The number of carbonyl (C=O) groups is 1. The first kappa shape index (κ1) is 23.9. The molecule has 0 bridgehead atoms. The second-order valence-electron chi connectivity index (χ2n) is 7.57. The third-order valence-electron chi connectivity index (χ3n) is 5.00. The van der Waals surface area contributed by atoms with Gasteiger partial charge in [-0.25, -0.2) is 16.8 Å². The summed E-state index contributed by atoms with van der Waals surface area (Å²) in [4.78, 5) is 13.0. The minimum atomic E-state index is -3.71. The number of sulfonamides is 1. The highest BCUT2D eigenvalue weighted by atomic mass is 32.2. The first-order chi connectivity index (χ1) is 13.7. The van der Waals surface area contributed by atoms with E-state index in [1.165, 1.54) is 19.1 Å². The number of benzene rings is 2. The number of carbonyl (C=O) groups excluding carboxylic acids is 1. The van der Waals surface area contributed by atoms with Crippen molar-refractivity contribution >= 4 is 31.5 Å². The molecule has 0 unspecified atom stereocenters. The first-order valence-corrected chi connectivity index (χ1v) is 13.1. The third kappa shape index (κ3) is 5.60. The number of aryl methyl sites for hydroxylation is 2. The van der Waals surface area contributed by atoms with Gasteiger partial charge in [-0.2, -0.15) is 0 Å². The second kappa shape index (κ2) is 8.77. The Morgan fingerprint density at radius 3 is 1.93 bits per heavy atom. The number of amides is 1. The van der Waals surface area contributed by atoms with Gasteiger partial charge in [-0.05, 0) is 68.7 Å². The molecule has 30 heavy (non-hydrogen) atoms. The van der Waals surface area contributed by atoms with Crippen LogP contribution in [-0.2, 0) is 24.7 Å². The fraction of sp³-hybridized carbons (Fsp3) is 0.381. The number of hydrogen-bond acceptors (Lipinski definition) is 5. The lowest BCUT2D eigenvalue weighted by atomic mass is 10.1. The molecule has 0 aromatic heterocycles. The molecule has 7 nitrogen and oxygen atoms in total. The molecular formula is C21H28N2O5S2. The van der Waals surface area contributed by atoms with Crippen LogP contribution in [0.2, 0.25) is 0 Å². The quantitative estimate of drug-likeness (QED) is 0.696. The van der Waals surface area contributed by atoms with Gasteiger partial charge >= 0.3 is 0 Å². The summed E-state index contributed by atoms with van der Waals surface area (Å²) in [5.41, 5.74) is 3.08. The lowest BCUT2D eigenvalue weighted by Crippen LogP contribution is -2.48. The van der Waals surface area contributed by atoms with Crippen molar-refractivity contribution in [1.82, 2.24) is 5.32 Å². The van der Waals surface area contributed by atoms with E-state index in [4.69, 9.17) is 0 Å². The first-order valence-electron chi connectivity index (χ1n) is 9.39. The van der Waals surface area contributed by atoms with Crippen LogP contribution in [0.4, 0.5) is 5.69 Å². The molecule has 0 aliphatic heterocycles. The van der Waals surface area contributed by atoms with E-state index in [1.807, 2.05) is 19.9 Å². The Kier molecular flexibility index (Phi) is 6.98. The molecule has 0 fully saturated rings. The molecule has 2 aromatic carbocycles. The van der Waals surface area contributed by atoms with Crippen LogP contribution >= 0.6 is 0 Å². The van der Waals surface area contributed by atoms with Gasteiger partial charge in [0, 0.05) is 6.26 Å². The molecule has 164 valence electrons. The molecule has 2 atom stereocenters. The van der Waals surface area contributed by atoms with Crippen LogP contribution in [0.25, 0.3) is 0 Å². The molecule has 1 N–H and O–H groups in total. The highest BCUT2D eigenvalue weighted by molar-refractivity contribution is 7.92. The van der Waals surface area contributed by atoms with E-state index in [0.717, 1.165) is 27.9 Å². The van der Waals surface area contributed by atoms with Crippen molar-refractivity contribution in [2.45, 2.75) is 44.7 Å². The maximum Gasteiger partial charge on any atom is 0.244 e. The fourth-order valence-electron chi connectivity index (χ4n) is 3.09. The van der Waals surface area contributed by atoms with Gasteiger partial charge in [0.2, 0.25) is 15.9 Å². The van der Waals surface area contributed by atoms with Gasteiger partial charge in [0.15, 0.2) is 9.84 Å². The van der Waals surface area contributed by atoms with Gasteiger partial charge in [0.25, 0.3) is 0 Å². The number of sulfone groups is 1. The Bertz CT molecular complexity index is 1140. The highest BCUT2D eigenvalue weighted by Gasteiger charge is 2.30. The summed E-state index contributed by atoms with van der Waals surface area (Å²) in [7, 11) is -7.02. The summed E-state index contributed by atoms with van der Waals surface area (Å²) in [6, 6.07) is 10.1. The summed E-state index contributed by atoms with van der Waals surface area (Å²) >= 11 is 0. The van der Waals surface area contributed by atoms with Crippen LogP contribution in [0.5, 0.6) is 0 Å². The molecule has 0 saturated heterocycles. The molecule has 2 aromatic rings. The molecular weight excluding hydrogens is 424 g/mol. The Morgan fingerprint density at radius 1 is 0.900 bits per heavy atom. The van der Waals surface area contributed by atoms with Crippen molar-refractivity contribution in [2.75, 3.05) is 16.8 Å². The zero-order valence-corrected chi connectivity index (χ0v) is 19.6. The summed E-state index contributed by atoms with van der Waals surface area (Å²) < 4.78 is 49.2. The zero-order valence-electron chi connectivity index (χ0n) is 18.0. The SMILES string of the molecule is Cc1ccc(N([C@@H](C)C(=O)N[C@@H](C)c2ccc(S(C)(=O)=O)cc2)S(C)(=O)=O)cc1C. The average molecular weight is 453 g/mol. The molecule has 0 saturated carbocycles. The largest absolute Gasteiger partial charge is 0.348 e. The van der Waals surface area contributed by atoms with Crippen molar-refractivity contribution in [1.29, 1.82) is 0 Å². The van der Waals surface area contributed by atoms with E-state index in [2.05, 4.69) is 5.32 Å². The summed E-state index contributed by atoms with van der Waals surface area (Å²) in [6.07, 6.45) is 2.20. The molecule has 9 heteroatoms. The molecule has 0 aliphatic rings. The van der Waals surface area contributed by atoms with Gasteiger partial charge in [-0.3, -0.25) is 9.10 Å². The van der Waals surface area contributed by atoms with Crippen LogP contribution in [0, 0.1) is 13.8 Å². The van der Waals surface area contributed by atoms with Crippen LogP contribution in [0.3, 0.4) is 0 Å². The monoisotopic (exact) mass is 452 g/mol. The van der Waals surface area contributed by atoms with Crippen molar-refractivity contribution in [3.63, 3.8) is 0 Å². The maximum atomic E-state index is 12.9. The average Bonchev–Trinajstić information content (AvgIpc) is 2.63. The number of rotatable bonds is 7. The van der Waals surface area contributed by atoms with Gasteiger partial charge in [-0.15, -0.1) is 0 Å². The van der Waals surface area contributed by atoms with E-state index in [1.54, 1.807) is 31.2 Å². The van der Waals surface area contributed by atoms with E-state index in [9.17, 15) is 21.6 Å². The Hall–Kier alpha value is -2.39. The predicted molar refractivity (Wildman–Crippen MR) is 119 cm³/mol. The molecule has 0 radical (unpaired) electrons. The molecule has 0 spiro atoms. The van der Waals surface area contributed by atoms with Gasteiger partial charge in [0.05, 0.1) is 22.9 Å². The van der Waals surface area contributed by atoms with Crippen molar-refractivity contribution in [2.24, 2.45) is 0 Å². The Balaban J connectivity index is 2.25. The fourth-order valence-corrected chi connectivity index (χ4v) is 4.89. The topological polar surface area (TPSA) is 101 Å². The lowest BCUT2D eigenvalue weighted by molar-refractivity contribution is -0.122. The lowest BCUT2D eigenvalue weighted by Gasteiger charge is -2.29. The smallest absolute Gasteiger partial charge is 0.244 e. The van der Waals surface area contributed by atoms with Crippen LogP contribution in [-0.4, -0.2) is 41.3 Å². The predicted octanol–water partition coefficient (Wildman–Crippen LogP) is 2.74. The third-order valence-corrected chi connectivity index (χ3v) is 7.37. The summed E-state index contributed by atoms with van der Waals surface area (Å²) in [6.45, 7) is 7.09. The number of nitrogens with zero attached hydrogens (tertiary/aromatic N) is 1. The molecule has 0 heterocycles. The second-order valence-corrected chi connectivity index (χ2v) is 11.4. The van der Waals surface area contributed by atoms with Crippen molar-refractivity contribution in [3.8, 4) is 0 Å². The standard InChI is InChI=1S/C21H28N2O5S2/c1-14-7-10-19(13-15(14)2)23(30(6,27)28)17(4)21(24)22-16(3)18-8-11-20(12-9-18)29(5,25)26/h7-13,16-17H,1-6H3,(H,22,24)/t16-,17-/m0/s1. The normalized spacial score (nSPS) is 14.1. The van der Waals surface area contributed by atoms with E-state index >= 15 is 0 Å². The Morgan fingerprint density at radius 2 is 1.47 bits per heavy atom. The van der Waals surface area contributed by atoms with Crippen LogP contribution in [0.15, 0.2) is 47.4 Å². The van der Waals surface area contributed by atoms with Crippen LogP contribution < -0.4 is 9.62 Å². The van der Waals surface area contributed by atoms with Gasteiger partial charge < -0.3 is 5.32 Å². The van der Waals surface area contributed by atoms with Crippen molar-refractivity contribution < 1.29 is 21.6 Å². The van der Waals surface area contributed by atoms with Gasteiger partial charge in [0.1, 0.15) is 6.04 Å². The molecule has 0 aliphatic carbocycles. The zero-order chi connectivity index (χ0) is 22.9. The summed E-state index contributed by atoms with van der Waals surface area (Å²) in [5, 5.41) is 2.81. The number of nitrogens with one attached hydrogen (secondary N) is 1. The van der Waals surface area contributed by atoms with E-state index in [0.29, 0.717) is 11.3 Å². The summed E-state index contributed by atoms with van der Waals surface area (Å²) in [5.74, 6) is -0.460. The van der Waals surface area contributed by atoms with Crippen LogP contribution in [0.1, 0.15) is 36.6 Å². The highest BCUT2D eigenvalue weighted by Crippen LogP contribution is 2.24. The van der Waals surface area contributed by atoms with Crippen molar-refractivity contribution in [3.05, 3.63) is 59.2 Å². The Labute approximate surface area is 179 Å². The van der Waals surface area contributed by atoms with E-state index in [-0.39, 0.29) is 4.90 Å². The number of hydrogen-bond donors (Lipinski definition) is 1.